The van der Waals surface area contributed by atoms with E-state index in [0.717, 1.165) is 37.8 Å². The number of thiophene rings is 1. The monoisotopic (exact) mass is 360 g/mol. The van der Waals surface area contributed by atoms with Gasteiger partial charge in [0.25, 0.3) is 5.91 Å². The van der Waals surface area contributed by atoms with Gasteiger partial charge in [0.05, 0.1) is 11.4 Å². The van der Waals surface area contributed by atoms with Crippen molar-refractivity contribution in [1.82, 2.24) is 15.5 Å². The van der Waals surface area contributed by atoms with E-state index in [1.165, 1.54) is 23.3 Å². The average Bonchev–Trinajstić information content (AvgIpc) is 3.24. The van der Waals surface area contributed by atoms with Gasteiger partial charge >= 0.3 is 0 Å². The van der Waals surface area contributed by atoms with Crippen LogP contribution >= 0.6 is 11.3 Å². The van der Waals surface area contributed by atoms with E-state index < -0.39 is 0 Å². The zero-order valence-corrected chi connectivity index (χ0v) is 15.3. The third kappa shape index (κ3) is 4.69. The van der Waals surface area contributed by atoms with E-state index >= 15 is 0 Å². The number of aromatic nitrogens is 2. The van der Waals surface area contributed by atoms with E-state index in [0.29, 0.717) is 10.7 Å². The highest BCUT2D eigenvalue weighted by Crippen LogP contribution is 2.29. The molecule has 0 aliphatic heterocycles. The lowest BCUT2D eigenvalue weighted by Gasteiger charge is -2.08. The molecule has 7 heteroatoms. The first kappa shape index (κ1) is 17.7. The number of nitrogens with one attached hydrogen (secondary N) is 3. The van der Waals surface area contributed by atoms with Crippen molar-refractivity contribution in [3.63, 3.8) is 0 Å². The Balaban J connectivity index is 1.47. The molecule has 134 valence electrons. The van der Waals surface area contributed by atoms with Crippen LogP contribution in [0.15, 0.2) is 12.1 Å². The molecule has 6 nitrogen and oxygen atoms in total. The maximum atomic E-state index is 12.2. The number of nitrogens with zero attached hydrogens (tertiary/aromatic N) is 1. The Labute approximate surface area is 151 Å². The van der Waals surface area contributed by atoms with Gasteiger partial charge in [-0.1, -0.05) is 13.3 Å². The number of aryl methyl sites for hydroxylation is 3. The molecule has 3 N–H and O–H groups in total. The van der Waals surface area contributed by atoms with Crippen molar-refractivity contribution in [2.24, 2.45) is 0 Å². The van der Waals surface area contributed by atoms with E-state index in [-0.39, 0.29) is 18.4 Å². The summed E-state index contributed by atoms with van der Waals surface area (Å²) in [6, 6.07) is 3.81. The SMILES string of the molecule is CCCCc1cc(NC(=O)CNC(=O)c2cc3c(s2)CCCC3)n[nH]1. The second-order valence-corrected chi connectivity index (χ2v) is 7.52. The summed E-state index contributed by atoms with van der Waals surface area (Å²) in [5.41, 5.74) is 2.30. The largest absolute Gasteiger partial charge is 0.342 e. The van der Waals surface area contributed by atoms with Crippen molar-refractivity contribution in [3.8, 4) is 0 Å². The van der Waals surface area contributed by atoms with Crippen LogP contribution in [0.1, 0.15) is 58.4 Å². The summed E-state index contributed by atoms with van der Waals surface area (Å²) >= 11 is 1.55. The zero-order valence-electron chi connectivity index (χ0n) is 14.5. The van der Waals surface area contributed by atoms with Crippen LogP contribution in [-0.2, 0) is 24.1 Å². The second-order valence-electron chi connectivity index (χ2n) is 6.38. The number of rotatable bonds is 7. The topological polar surface area (TPSA) is 86.9 Å². The molecule has 3 rings (SSSR count). The predicted molar refractivity (Wildman–Crippen MR) is 99.1 cm³/mol. The minimum absolute atomic E-state index is 0.0570. The zero-order chi connectivity index (χ0) is 17.6. The highest BCUT2D eigenvalue weighted by molar-refractivity contribution is 7.14. The molecule has 2 amide bonds. The summed E-state index contributed by atoms with van der Waals surface area (Å²) in [5, 5.41) is 12.4. The summed E-state index contributed by atoms with van der Waals surface area (Å²) in [6.45, 7) is 2.07. The molecule has 0 spiro atoms. The summed E-state index contributed by atoms with van der Waals surface area (Å²) < 4.78 is 0. The first-order chi connectivity index (χ1) is 12.2. The quantitative estimate of drug-likeness (QED) is 0.709. The number of amides is 2. The highest BCUT2D eigenvalue weighted by Gasteiger charge is 2.17. The van der Waals surface area contributed by atoms with Crippen molar-refractivity contribution in [2.45, 2.75) is 51.9 Å². The Morgan fingerprint density at radius 3 is 2.92 bits per heavy atom. The molecule has 0 saturated carbocycles. The first-order valence-electron chi connectivity index (χ1n) is 8.89. The van der Waals surface area contributed by atoms with E-state index in [2.05, 4.69) is 27.8 Å². The molecule has 2 heterocycles. The van der Waals surface area contributed by atoms with Gasteiger partial charge in [-0.15, -0.1) is 11.3 Å². The molecule has 2 aromatic heterocycles. The third-order valence-corrected chi connectivity index (χ3v) is 5.56. The van der Waals surface area contributed by atoms with Gasteiger partial charge in [-0.05, 0) is 50.2 Å². The normalized spacial score (nSPS) is 13.3. The number of unbranched alkanes of at least 4 members (excludes halogenated alkanes) is 1. The molecule has 2 aromatic rings. The lowest BCUT2D eigenvalue weighted by atomic mass is 9.99. The molecule has 25 heavy (non-hydrogen) atoms. The number of hydrogen-bond donors (Lipinski definition) is 3. The van der Waals surface area contributed by atoms with Gasteiger partial charge in [-0.2, -0.15) is 5.10 Å². The Morgan fingerprint density at radius 2 is 2.12 bits per heavy atom. The summed E-state index contributed by atoms with van der Waals surface area (Å²) in [6.07, 6.45) is 7.61. The average molecular weight is 360 g/mol. The highest BCUT2D eigenvalue weighted by atomic mass is 32.1. The Hall–Kier alpha value is -2.15. The molecular weight excluding hydrogens is 336 g/mol. The van der Waals surface area contributed by atoms with Crippen molar-refractivity contribution in [3.05, 3.63) is 33.1 Å². The smallest absolute Gasteiger partial charge is 0.261 e. The molecule has 0 bridgehead atoms. The van der Waals surface area contributed by atoms with Crippen LogP contribution in [0.25, 0.3) is 0 Å². The molecule has 0 radical (unpaired) electrons. The van der Waals surface area contributed by atoms with Crippen molar-refractivity contribution < 1.29 is 9.59 Å². The molecule has 0 unspecified atom stereocenters. The maximum absolute atomic E-state index is 12.2. The number of anilines is 1. The number of aromatic amines is 1. The molecule has 0 aromatic carbocycles. The lowest BCUT2D eigenvalue weighted by Crippen LogP contribution is -2.32. The summed E-state index contributed by atoms with van der Waals surface area (Å²) in [4.78, 5) is 26.2. The number of carbonyl (C=O) groups is 2. The number of fused-ring (bicyclic) bond motifs is 1. The van der Waals surface area contributed by atoms with E-state index in [4.69, 9.17) is 0 Å². The second kappa shape index (κ2) is 8.29. The van der Waals surface area contributed by atoms with Gasteiger partial charge in [0.2, 0.25) is 5.91 Å². The number of carbonyl (C=O) groups excluding carboxylic acids is 2. The van der Waals surface area contributed by atoms with Crippen molar-refractivity contribution in [1.29, 1.82) is 0 Å². The molecule has 0 atom stereocenters. The minimum Gasteiger partial charge on any atom is -0.342 e. The Bertz CT molecular complexity index is 727. The van der Waals surface area contributed by atoms with Crippen LogP contribution in [0.4, 0.5) is 5.82 Å². The molecular formula is C18H24N4O2S. The van der Waals surface area contributed by atoms with Crippen molar-refractivity contribution in [2.75, 3.05) is 11.9 Å². The van der Waals surface area contributed by atoms with Crippen LogP contribution in [0.2, 0.25) is 0 Å². The predicted octanol–water partition coefficient (Wildman–Crippen LogP) is 3.06. The van der Waals surface area contributed by atoms with Crippen LogP contribution in [0.5, 0.6) is 0 Å². The van der Waals surface area contributed by atoms with Gasteiger partial charge in [-0.3, -0.25) is 14.7 Å². The minimum atomic E-state index is -0.275. The number of hydrogen-bond acceptors (Lipinski definition) is 4. The fraction of sp³-hybridized carbons (Fsp3) is 0.500. The molecule has 1 aliphatic rings. The van der Waals surface area contributed by atoms with E-state index in [1.54, 1.807) is 11.3 Å². The van der Waals surface area contributed by atoms with Crippen molar-refractivity contribution >= 4 is 29.0 Å². The van der Waals surface area contributed by atoms with E-state index in [1.807, 2.05) is 12.1 Å². The Kier molecular flexibility index (Phi) is 5.86. The fourth-order valence-electron chi connectivity index (χ4n) is 2.96. The summed E-state index contributed by atoms with van der Waals surface area (Å²) in [5.74, 6) is 0.0420. The van der Waals surface area contributed by atoms with Gasteiger partial charge < -0.3 is 10.6 Å². The molecule has 0 fully saturated rings. The molecule has 1 aliphatic carbocycles. The first-order valence-corrected chi connectivity index (χ1v) is 9.71. The third-order valence-electron chi connectivity index (χ3n) is 4.33. The Morgan fingerprint density at radius 1 is 1.28 bits per heavy atom. The van der Waals surface area contributed by atoms with Gasteiger partial charge in [-0.25, -0.2) is 0 Å². The van der Waals surface area contributed by atoms with E-state index in [9.17, 15) is 9.59 Å². The van der Waals surface area contributed by atoms with Gasteiger partial charge in [0, 0.05) is 16.6 Å². The van der Waals surface area contributed by atoms with Crippen LogP contribution in [0.3, 0.4) is 0 Å². The summed E-state index contributed by atoms with van der Waals surface area (Å²) in [7, 11) is 0. The fourth-order valence-corrected chi connectivity index (χ4v) is 4.13. The standard InChI is InChI=1S/C18H24N4O2S/c1-2-3-7-13-10-16(22-21-13)20-17(23)11-19-18(24)15-9-12-6-4-5-8-14(12)25-15/h9-10H,2-8,11H2,1H3,(H,19,24)(H2,20,21,22,23). The van der Waals surface area contributed by atoms with Crippen LogP contribution in [-0.4, -0.2) is 28.6 Å². The lowest BCUT2D eigenvalue weighted by molar-refractivity contribution is -0.115. The van der Waals surface area contributed by atoms with Gasteiger partial charge in [0.1, 0.15) is 0 Å². The number of H-pyrrole nitrogens is 1. The molecule has 0 saturated heterocycles. The maximum Gasteiger partial charge on any atom is 0.261 e. The van der Waals surface area contributed by atoms with Gasteiger partial charge in [0.15, 0.2) is 5.82 Å². The van der Waals surface area contributed by atoms with Crippen LogP contribution < -0.4 is 10.6 Å². The van der Waals surface area contributed by atoms with Crippen LogP contribution in [0, 0.1) is 0 Å².